The maximum absolute atomic E-state index is 14.1. The minimum atomic E-state index is -2.59. The lowest BCUT2D eigenvalue weighted by molar-refractivity contribution is -0.137. The van der Waals surface area contributed by atoms with Crippen molar-refractivity contribution in [2.75, 3.05) is 19.1 Å². The fourth-order valence-electron chi connectivity index (χ4n) is 6.25. The van der Waals surface area contributed by atoms with Gasteiger partial charge in [0.25, 0.3) is 5.56 Å². The van der Waals surface area contributed by atoms with Crippen molar-refractivity contribution in [2.45, 2.75) is 69.5 Å². The van der Waals surface area contributed by atoms with Gasteiger partial charge in [0.1, 0.15) is 0 Å². The summed E-state index contributed by atoms with van der Waals surface area (Å²) in [7, 11) is 0.704. The minimum Gasteiger partial charge on any atom is -0.336 e. The van der Waals surface area contributed by atoms with Crippen LogP contribution in [0.15, 0.2) is 40.3 Å². The Balaban J connectivity index is 1.41. The highest BCUT2D eigenvalue weighted by atomic mass is 32.2. The van der Waals surface area contributed by atoms with Crippen molar-refractivity contribution >= 4 is 42.9 Å². The zero-order chi connectivity index (χ0) is 28.9. The lowest BCUT2D eigenvalue weighted by Gasteiger charge is -2.35. The summed E-state index contributed by atoms with van der Waals surface area (Å²) in [5.74, 6) is 0.466. The summed E-state index contributed by atoms with van der Waals surface area (Å²) in [6.07, 6.45) is 8.89. The number of amides is 1. The highest BCUT2D eigenvalue weighted by Gasteiger charge is 2.59. The molecule has 2 fully saturated rings. The molecule has 0 radical (unpaired) electrons. The minimum absolute atomic E-state index is 0.110. The highest BCUT2D eigenvalue weighted by molar-refractivity contribution is 8.03. The molecule has 2 aliphatic carbocycles. The summed E-state index contributed by atoms with van der Waals surface area (Å²) >= 11 is 0. The summed E-state index contributed by atoms with van der Waals surface area (Å²) in [4.78, 5) is 41.0. The molecule has 2 aromatic heterocycles. The van der Waals surface area contributed by atoms with Crippen LogP contribution in [0, 0.1) is 5.41 Å². The Morgan fingerprint density at radius 3 is 2.66 bits per heavy atom. The third-order valence-corrected chi connectivity index (χ3v) is 12.0. The van der Waals surface area contributed by atoms with Crippen molar-refractivity contribution in [2.24, 2.45) is 12.5 Å². The Morgan fingerprint density at radius 2 is 2.07 bits per heavy atom. The second-order valence-electron chi connectivity index (χ2n) is 12.4. The fraction of sp³-hybridized carbons (Fsp3) is 0.483. The van der Waals surface area contributed by atoms with E-state index in [9.17, 15) is 13.8 Å². The van der Waals surface area contributed by atoms with E-state index in [4.69, 9.17) is 9.82 Å². The Hall–Kier alpha value is -3.48. The van der Waals surface area contributed by atoms with E-state index in [1.165, 1.54) is 11.7 Å². The molecule has 3 aromatic rings. The van der Waals surface area contributed by atoms with Crippen molar-refractivity contribution in [3.63, 3.8) is 0 Å². The van der Waals surface area contributed by atoms with E-state index >= 15 is 0 Å². The van der Waals surface area contributed by atoms with Crippen LogP contribution in [0.25, 0.3) is 16.5 Å². The van der Waals surface area contributed by atoms with Gasteiger partial charge in [-0.1, -0.05) is 13.0 Å². The number of hydrogen-bond acceptors (Lipinski definition) is 7. The van der Waals surface area contributed by atoms with Crippen LogP contribution in [0.2, 0.25) is 0 Å². The van der Waals surface area contributed by atoms with Gasteiger partial charge in [-0.2, -0.15) is 5.10 Å². The average Bonchev–Trinajstić information content (AvgIpc) is 3.77. The maximum atomic E-state index is 14.1. The van der Waals surface area contributed by atoms with Crippen LogP contribution in [0.3, 0.4) is 0 Å². The maximum Gasteiger partial charge on any atom is 0.263 e. The average molecular weight is 578 g/mol. The Bertz CT molecular complexity index is 1860. The van der Waals surface area contributed by atoms with E-state index in [1.807, 2.05) is 38.1 Å². The number of aromatic nitrogens is 4. The highest BCUT2D eigenvalue weighted by Crippen LogP contribution is 2.48. The number of benzene rings is 1. The summed E-state index contributed by atoms with van der Waals surface area (Å²) in [5.41, 5.74) is 5.20. The molecular weight excluding hydrogens is 542 g/mol. The zero-order valence-corrected chi connectivity index (χ0v) is 24.8. The van der Waals surface area contributed by atoms with Gasteiger partial charge in [0.05, 0.1) is 46.0 Å². The number of fused-ring (bicyclic) bond motifs is 2. The van der Waals surface area contributed by atoms with Crippen LogP contribution in [-0.2, 0) is 32.9 Å². The van der Waals surface area contributed by atoms with Crippen molar-refractivity contribution in [3.8, 4) is 0 Å². The van der Waals surface area contributed by atoms with Crippen LogP contribution >= 0.6 is 0 Å². The number of rotatable bonds is 7. The van der Waals surface area contributed by atoms with Gasteiger partial charge < -0.3 is 4.90 Å². The second kappa shape index (κ2) is 8.76. The second-order valence-corrected chi connectivity index (χ2v) is 14.6. The van der Waals surface area contributed by atoms with Gasteiger partial charge in [0, 0.05) is 58.6 Å². The normalized spacial score (nSPS) is 27.7. The van der Waals surface area contributed by atoms with E-state index in [2.05, 4.69) is 28.3 Å². The quantitative estimate of drug-likeness (QED) is 0.327. The lowest BCUT2D eigenvalue weighted by Crippen LogP contribution is -2.47. The molecular formula is C29H35N7O4S. The van der Waals surface area contributed by atoms with E-state index in [1.54, 1.807) is 16.9 Å². The molecule has 2 aliphatic heterocycles. The molecule has 41 heavy (non-hydrogen) atoms. The van der Waals surface area contributed by atoms with E-state index in [0.717, 1.165) is 40.8 Å². The van der Waals surface area contributed by atoms with Crippen molar-refractivity contribution in [1.82, 2.24) is 29.0 Å². The first-order valence-electron chi connectivity index (χ1n) is 14.0. The van der Waals surface area contributed by atoms with Crippen LogP contribution < -0.4 is 15.8 Å². The molecule has 12 heteroatoms. The molecule has 1 aromatic carbocycles. The number of nitrogens with zero attached hydrogens (tertiary/aromatic N) is 5. The molecule has 3 atom stereocenters. The summed E-state index contributed by atoms with van der Waals surface area (Å²) < 4.78 is 20.6. The Morgan fingerprint density at radius 1 is 1.29 bits per heavy atom. The topological polar surface area (TPSA) is 123 Å². The summed E-state index contributed by atoms with van der Waals surface area (Å²) in [6, 6.07) is 3.55. The van der Waals surface area contributed by atoms with Crippen molar-refractivity contribution < 1.29 is 13.8 Å². The predicted octanol–water partition coefficient (Wildman–Crippen LogP) is 2.45. The molecule has 216 valence electrons. The predicted molar refractivity (Wildman–Crippen MR) is 158 cm³/mol. The van der Waals surface area contributed by atoms with Crippen LogP contribution in [0.5, 0.6) is 0 Å². The van der Waals surface area contributed by atoms with Gasteiger partial charge in [-0.25, -0.2) is 19.4 Å². The first-order chi connectivity index (χ1) is 19.5. The SMILES string of the molecule is CONc1nc2c(C3=C[C@@H](C)N(C(=O)C4(C)CC4)CC3)cc(S3(=O)=C4CC4(C)N3)cc2c(=O)n1Cc1cnn(C)c1. The molecule has 4 aliphatic rings. The molecule has 0 bridgehead atoms. The molecule has 2 N–H and O–H groups in total. The molecule has 7 rings (SSSR count). The molecule has 0 spiro atoms. The summed E-state index contributed by atoms with van der Waals surface area (Å²) in [5, 5.41) is 4.62. The number of carbonyl (C=O) groups excluding carboxylic acids is 1. The lowest BCUT2D eigenvalue weighted by atomic mass is 9.93. The third kappa shape index (κ3) is 4.06. The first-order valence-corrected chi connectivity index (χ1v) is 15.6. The Labute approximate surface area is 238 Å². The number of carbonyl (C=O) groups is 1. The third-order valence-electron chi connectivity index (χ3n) is 9.06. The smallest absolute Gasteiger partial charge is 0.263 e. The number of nitrogens with one attached hydrogen (secondary N) is 2. The van der Waals surface area contributed by atoms with Gasteiger partial charge >= 0.3 is 0 Å². The first kappa shape index (κ1) is 26.4. The number of hydrogen-bond donors (Lipinski definition) is 2. The molecule has 1 amide bonds. The van der Waals surface area contributed by atoms with Gasteiger partial charge in [-0.3, -0.25) is 23.7 Å². The Kier molecular flexibility index (Phi) is 5.65. The van der Waals surface area contributed by atoms with Crippen molar-refractivity contribution in [1.29, 1.82) is 0 Å². The van der Waals surface area contributed by atoms with Crippen molar-refractivity contribution in [3.05, 3.63) is 52.1 Å². The summed E-state index contributed by atoms with van der Waals surface area (Å²) in [6.45, 7) is 6.93. The molecule has 2 unspecified atom stereocenters. The van der Waals surface area contributed by atoms with Crippen LogP contribution in [0.4, 0.5) is 5.95 Å². The standard InChI is InChI=1S/C29H35N7O4S/c1-17-10-19(6-9-35(17)26(38)28(2)7-8-28)21-11-20(41(39)23-13-29(23,3)33-41)12-22-24(21)31-27(32-40-5)36(25(22)37)16-18-14-30-34(4)15-18/h10-12,14-15,17H,6-9,13,16H2,1-5H3,(H,31,32)(H,33,39)/t17-,29?,41?/m1/s1. The van der Waals surface area contributed by atoms with Gasteiger partial charge in [0.15, 0.2) is 0 Å². The van der Waals surface area contributed by atoms with E-state index in [-0.39, 0.29) is 41.0 Å². The number of anilines is 1. The zero-order valence-electron chi connectivity index (χ0n) is 24.0. The molecule has 2 saturated carbocycles. The van der Waals surface area contributed by atoms with Gasteiger partial charge in [0.2, 0.25) is 11.9 Å². The molecule has 4 heterocycles. The molecule has 11 nitrogen and oxygen atoms in total. The van der Waals surface area contributed by atoms with Crippen LogP contribution in [-0.4, -0.2) is 64.4 Å². The van der Waals surface area contributed by atoms with Crippen LogP contribution in [0.1, 0.15) is 57.6 Å². The monoisotopic (exact) mass is 577 g/mol. The van der Waals surface area contributed by atoms with E-state index in [0.29, 0.717) is 28.8 Å². The fourth-order valence-corrected chi connectivity index (χ4v) is 9.20. The largest absolute Gasteiger partial charge is 0.336 e. The molecule has 0 saturated heterocycles. The van der Waals surface area contributed by atoms with Gasteiger partial charge in [-0.15, -0.1) is 0 Å². The van der Waals surface area contributed by atoms with Gasteiger partial charge in [-0.05, 0) is 50.8 Å². The number of aryl methyl sites for hydroxylation is 1. The van der Waals surface area contributed by atoms with E-state index < -0.39 is 9.71 Å².